The lowest BCUT2D eigenvalue weighted by Gasteiger charge is -2.21. The fourth-order valence-electron chi connectivity index (χ4n) is 11.5. The molecule has 6 atom stereocenters. The van der Waals surface area contributed by atoms with Crippen LogP contribution < -0.4 is 0 Å². The third kappa shape index (κ3) is 69.0. The molecule has 19 heteroatoms. The minimum absolute atomic E-state index is 0.106. The Morgan fingerprint density at radius 3 is 0.747 bits per heavy atom. The molecule has 0 aromatic heterocycles. The second kappa shape index (κ2) is 65.4. The van der Waals surface area contributed by atoms with E-state index in [4.69, 9.17) is 37.0 Å². The highest BCUT2D eigenvalue weighted by Crippen LogP contribution is 2.45. The van der Waals surface area contributed by atoms with Gasteiger partial charge in [0.2, 0.25) is 0 Å². The van der Waals surface area contributed by atoms with Crippen molar-refractivity contribution in [3.63, 3.8) is 0 Å². The third-order valence-corrected chi connectivity index (χ3v) is 19.8. The summed E-state index contributed by atoms with van der Waals surface area (Å²) in [4.78, 5) is 72.8. The zero-order chi connectivity index (χ0) is 70.3. The molecule has 0 radical (unpaired) electrons. The second-order valence-electron chi connectivity index (χ2n) is 29.1. The van der Waals surface area contributed by atoms with Crippen molar-refractivity contribution in [2.75, 3.05) is 39.6 Å². The summed E-state index contributed by atoms with van der Waals surface area (Å²) in [6, 6.07) is 0. The lowest BCUT2D eigenvalue weighted by Crippen LogP contribution is -2.30. The molecular weight excluding hydrogens is 1250 g/mol. The van der Waals surface area contributed by atoms with Gasteiger partial charge in [-0.1, -0.05) is 331 Å². The van der Waals surface area contributed by atoms with Crippen molar-refractivity contribution in [3.8, 4) is 0 Å². The largest absolute Gasteiger partial charge is 0.472 e. The van der Waals surface area contributed by atoms with Crippen molar-refractivity contribution < 1.29 is 80.2 Å². The quantitative estimate of drug-likeness (QED) is 0.0222. The zero-order valence-electron chi connectivity index (χ0n) is 62.3. The number of ether oxygens (including phenoxy) is 4. The van der Waals surface area contributed by atoms with E-state index in [-0.39, 0.29) is 25.7 Å². The molecule has 4 unspecified atom stereocenters. The van der Waals surface area contributed by atoms with E-state index >= 15 is 0 Å². The minimum atomic E-state index is -4.96. The predicted octanol–water partition coefficient (Wildman–Crippen LogP) is 22.0. The Morgan fingerprint density at radius 1 is 0.295 bits per heavy atom. The third-order valence-electron chi connectivity index (χ3n) is 17.9. The van der Waals surface area contributed by atoms with Crippen LogP contribution in [0.1, 0.15) is 383 Å². The maximum atomic E-state index is 13.1. The number of carbonyl (C=O) groups is 4. The zero-order valence-corrected chi connectivity index (χ0v) is 64.1. The van der Waals surface area contributed by atoms with Crippen LogP contribution in [-0.4, -0.2) is 96.7 Å². The molecule has 95 heavy (non-hydrogen) atoms. The molecule has 0 aliphatic carbocycles. The summed E-state index contributed by atoms with van der Waals surface area (Å²) in [5.41, 5.74) is 0. The van der Waals surface area contributed by atoms with Gasteiger partial charge in [-0.15, -0.1) is 0 Å². The molecule has 0 aliphatic heterocycles. The fraction of sp³-hybridized carbons (Fsp3) is 0.947. The van der Waals surface area contributed by atoms with Gasteiger partial charge in [0.1, 0.15) is 19.3 Å². The number of phosphoric acid groups is 2. The summed E-state index contributed by atoms with van der Waals surface area (Å²) in [6.07, 6.45) is 49.9. The molecule has 564 valence electrons. The second-order valence-corrected chi connectivity index (χ2v) is 32.0. The van der Waals surface area contributed by atoms with E-state index in [9.17, 15) is 43.2 Å². The van der Waals surface area contributed by atoms with Crippen LogP contribution in [0.15, 0.2) is 0 Å². The average Bonchev–Trinajstić information content (AvgIpc) is 1.39. The van der Waals surface area contributed by atoms with Crippen LogP contribution in [0.4, 0.5) is 0 Å². The number of phosphoric ester groups is 2. The number of rotatable bonds is 73. The maximum absolute atomic E-state index is 13.1. The van der Waals surface area contributed by atoms with Crippen LogP contribution in [0.5, 0.6) is 0 Å². The highest BCUT2D eigenvalue weighted by atomic mass is 31.2. The van der Waals surface area contributed by atoms with Crippen molar-refractivity contribution in [3.05, 3.63) is 0 Å². The molecule has 0 bridgehead atoms. The van der Waals surface area contributed by atoms with Crippen LogP contribution in [0.2, 0.25) is 0 Å². The molecule has 17 nitrogen and oxygen atoms in total. The summed E-state index contributed by atoms with van der Waals surface area (Å²) < 4.78 is 68.5. The van der Waals surface area contributed by atoms with E-state index in [1.54, 1.807) is 0 Å². The summed E-state index contributed by atoms with van der Waals surface area (Å²) in [7, 11) is -9.91. The van der Waals surface area contributed by atoms with E-state index in [1.165, 1.54) is 180 Å². The number of aliphatic hydroxyl groups excluding tert-OH is 1. The molecule has 0 aromatic carbocycles. The summed E-state index contributed by atoms with van der Waals surface area (Å²) in [5, 5.41) is 10.6. The predicted molar refractivity (Wildman–Crippen MR) is 386 cm³/mol. The molecular formula is C76H148O17P2. The van der Waals surface area contributed by atoms with Crippen LogP contribution >= 0.6 is 15.6 Å². The van der Waals surface area contributed by atoms with Gasteiger partial charge in [-0.2, -0.15) is 0 Å². The Hall–Kier alpha value is -1.94. The van der Waals surface area contributed by atoms with Crippen molar-refractivity contribution in [2.24, 2.45) is 23.7 Å². The first-order chi connectivity index (χ1) is 45.6. The van der Waals surface area contributed by atoms with Gasteiger partial charge in [0.05, 0.1) is 26.4 Å². The van der Waals surface area contributed by atoms with Crippen LogP contribution in [-0.2, 0) is 65.4 Å². The van der Waals surface area contributed by atoms with Gasteiger partial charge >= 0.3 is 39.5 Å². The molecule has 0 saturated carbocycles. The molecule has 0 heterocycles. The van der Waals surface area contributed by atoms with Crippen molar-refractivity contribution in [2.45, 2.75) is 401 Å². The first-order valence-electron chi connectivity index (χ1n) is 39.2. The number of aliphatic hydroxyl groups is 1. The highest BCUT2D eigenvalue weighted by Gasteiger charge is 2.30. The Balaban J connectivity index is 5.25. The van der Waals surface area contributed by atoms with E-state index in [0.29, 0.717) is 31.6 Å². The van der Waals surface area contributed by atoms with Crippen LogP contribution in [0.3, 0.4) is 0 Å². The summed E-state index contributed by atoms with van der Waals surface area (Å²) >= 11 is 0. The molecule has 0 aromatic rings. The van der Waals surface area contributed by atoms with Gasteiger partial charge in [-0.05, 0) is 49.4 Å². The lowest BCUT2D eigenvalue weighted by atomic mass is 9.99. The van der Waals surface area contributed by atoms with Crippen LogP contribution in [0, 0.1) is 23.7 Å². The topological polar surface area (TPSA) is 237 Å². The molecule has 0 rings (SSSR count). The van der Waals surface area contributed by atoms with E-state index < -0.39 is 97.5 Å². The normalized spacial score (nSPS) is 14.4. The van der Waals surface area contributed by atoms with Crippen molar-refractivity contribution in [1.82, 2.24) is 0 Å². The van der Waals surface area contributed by atoms with Gasteiger partial charge in [-0.3, -0.25) is 37.3 Å². The molecule has 0 fully saturated rings. The lowest BCUT2D eigenvalue weighted by molar-refractivity contribution is -0.161. The number of carbonyl (C=O) groups excluding carboxylic acids is 4. The van der Waals surface area contributed by atoms with Gasteiger partial charge in [0.25, 0.3) is 0 Å². The first-order valence-corrected chi connectivity index (χ1v) is 42.2. The Labute approximate surface area is 581 Å². The van der Waals surface area contributed by atoms with E-state index in [1.807, 2.05) is 0 Å². The highest BCUT2D eigenvalue weighted by molar-refractivity contribution is 7.47. The van der Waals surface area contributed by atoms with Crippen LogP contribution in [0.25, 0.3) is 0 Å². The monoisotopic (exact) mass is 1400 g/mol. The Bertz CT molecular complexity index is 1870. The Morgan fingerprint density at radius 2 is 0.505 bits per heavy atom. The molecule has 0 aliphatic rings. The van der Waals surface area contributed by atoms with Gasteiger partial charge < -0.3 is 33.8 Å². The number of hydrogen-bond donors (Lipinski definition) is 3. The number of esters is 4. The number of unbranched alkanes of at least 4 members (excludes halogenated alkanes) is 38. The molecule has 3 N–H and O–H groups in total. The molecule has 0 saturated heterocycles. The maximum Gasteiger partial charge on any atom is 0.472 e. The van der Waals surface area contributed by atoms with E-state index in [0.717, 1.165) is 114 Å². The standard InChI is InChI=1S/C76H148O17P2/c1-9-69(8)55-47-39-31-25-26-32-40-48-56-73(78)86-62-71(92-75(80)58-50-42-33-23-19-15-11-10-13-17-21-28-36-44-52-66(2)3)64-90-94(82,83)88-60-70(77)61-89-95(84,85)91-65-72(63-87-74(79)57-49-41-35-27-30-38-46-54-68(6)7)93-76(81)59-51-43-34-24-20-16-12-14-18-22-29-37-45-53-67(4)5/h66-72,77H,9-65H2,1-8H3,(H,82,83)(H,84,85)/t69?,70?,71-,72-/m1/s1. The molecule has 0 spiro atoms. The average molecular weight is 1400 g/mol. The number of hydrogen-bond acceptors (Lipinski definition) is 15. The summed E-state index contributed by atoms with van der Waals surface area (Å²) in [6.45, 7) is 14.2. The Kier molecular flexibility index (Phi) is 64.0. The first kappa shape index (κ1) is 93.1. The van der Waals surface area contributed by atoms with E-state index in [2.05, 4.69) is 55.4 Å². The molecule has 0 amide bonds. The SMILES string of the molecule is CCC(C)CCCCCCCCCCC(=O)OC[C@H](COP(=O)(O)OCC(O)COP(=O)(O)OC[C@@H](COC(=O)CCCCCCCCCC(C)C)OC(=O)CCCCCCCCCCCCCCCC(C)C)OC(=O)CCCCCCCCCCCCCCCCC(C)C. The van der Waals surface area contributed by atoms with Crippen molar-refractivity contribution >= 4 is 39.5 Å². The van der Waals surface area contributed by atoms with Gasteiger partial charge in [-0.25, -0.2) is 9.13 Å². The van der Waals surface area contributed by atoms with Crippen molar-refractivity contribution in [1.29, 1.82) is 0 Å². The van der Waals surface area contributed by atoms with Gasteiger partial charge in [0, 0.05) is 25.7 Å². The minimum Gasteiger partial charge on any atom is -0.462 e. The fourth-order valence-corrected chi connectivity index (χ4v) is 13.1. The van der Waals surface area contributed by atoms with Gasteiger partial charge in [0.15, 0.2) is 12.2 Å². The smallest absolute Gasteiger partial charge is 0.462 e. The summed E-state index contributed by atoms with van der Waals surface area (Å²) in [5.74, 6) is 0.943.